The van der Waals surface area contributed by atoms with E-state index >= 15 is 0 Å². The Morgan fingerprint density at radius 3 is 2.52 bits per heavy atom. The Morgan fingerprint density at radius 1 is 1.19 bits per heavy atom. The number of nitrogens with one attached hydrogen (secondary N) is 2. The van der Waals surface area contributed by atoms with Gasteiger partial charge in [-0.3, -0.25) is 14.4 Å². The molecule has 31 heavy (non-hydrogen) atoms. The molecule has 2 heterocycles. The quantitative estimate of drug-likeness (QED) is 0.589. The molecule has 0 radical (unpaired) electrons. The number of halogens is 1. The summed E-state index contributed by atoms with van der Waals surface area (Å²) in [6, 6.07) is 9.68. The molecule has 1 saturated heterocycles. The summed E-state index contributed by atoms with van der Waals surface area (Å²) >= 11 is 7.24. The number of nitrogens with zero attached hydrogens (tertiary/aromatic N) is 1. The van der Waals surface area contributed by atoms with Gasteiger partial charge in [-0.05, 0) is 54.5 Å². The third-order valence-corrected chi connectivity index (χ3v) is 6.43. The molecule has 3 amide bonds. The smallest absolute Gasteiger partial charge is 0.262 e. The van der Waals surface area contributed by atoms with Gasteiger partial charge in [0.25, 0.3) is 11.8 Å². The summed E-state index contributed by atoms with van der Waals surface area (Å²) in [5.74, 6) is -0.620. The minimum Gasteiger partial charge on any atom is -0.383 e. The van der Waals surface area contributed by atoms with Crippen LogP contribution in [0, 0.1) is 5.92 Å². The fourth-order valence-corrected chi connectivity index (χ4v) is 4.37. The number of thiophene rings is 1. The number of likely N-dealkylation sites (tertiary alicyclic amines) is 1. The number of benzene rings is 1. The van der Waals surface area contributed by atoms with Gasteiger partial charge in [-0.2, -0.15) is 0 Å². The Morgan fingerprint density at radius 2 is 1.90 bits per heavy atom. The van der Waals surface area contributed by atoms with Gasteiger partial charge < -0.3 is 20.3 Å². The highest BCUT2D eigenvalue weighted by atomic mass is 35.5. The molecule has 1 aliphatic rings. The van der Waals surface area contributed by atoms with E-state index in [1.165, 1.54) is 11.3 Å². The van der Waals surface area contributed by atoms with E-state index < -0.39 is 6.04 Å². The van der Waals surface area contributed by atoms with Crippen LogP contribution in [0.3, 0.4) is 0 Å². The van der Waals surface area contributed by atoms with E-state index in [1.807, 2.05) is 5.38 Å². The molecule has 3 rings (SSSR count). The maximum atomic E-state index is 12.8. The number of piperidine rings is 1. The fourth-order valence-electron chi connectivity index (χ4n) is 3.61. The van der Waals surface area contributed by atoms with E-state index in [0.29, 0.717) is 54.5 Å². The highest BCUT2D eigenvalue weighted by molar-refractivity contribution is 7.12. The number of hydrogen-bond donors (Lipinski definition) is 2. The zero-order chi connectivity index (χ0) is 22.2. The number of methoxy groups -OCH3 is 1. The summed E-state index contributed by atoms with van der Waals surface area (Å²) in [4.78, 5) is 40.5. The first kappa shape index (κ1) is 23.2. The van der Waals surface area contributed by atoms with Crippen LogP contribution in [0.15, 0.2) is 41.8 Å². The Kier molecular flexibility index (Phi) is 8.45. The van der Waals surface area contributed by atoms with Crippen molar-refractivity contribution in [1.82, 2.24) is 15.5 Å². The van der Waals surface area contributed by atoms with Crippen molar-refractivity contribution in [2.24, 2.45) is 5.92 Å². The van der Waals surface area contributed by atoms with Crippen LogP contribution in [-0.2, 0) is 9.53 Å². The molecule has 1 unspecified atom stereocenters. The van der Waals surface area contributed by atoms with Gasteiger partial charge in [-0.25, -0.2) is 0 Å². The summed E-state index contributed by atoms with van der Waals surface area (Å²) < 4.78 is 4.99. The predicted octanol–water partition coefficient (Wildman–Crippen LogP) is 2.81. The van der Waals surface area contributed by atoms with Crippen LogP contribution in [0.4, 0.5) is 0 Å². The van der Waals surface area contributed by atoms with Crippen LogP contribution in [-0.4, -0.2) is 62.0 Å². The lowest BCUT2D eigenvalue weighted by Crippen LogP contribution is -2.54. The molecule has 1 fully saturated rings. The Hall–Kier alpha value is -2.42. The zero-order valence-corrected chi connectivity index (χ0v) is 18.9. The minimum atomic E-state index is -0.667. The molecule has 2 aromatic rings. The summed E-state index contributed by atoms with van der Waals surface area (Å²) in [6.07, 6.45) is 1.23. The molecular weight excluding hydrogens is 438 g/mol. The molecular formula is C22H26ClN3O4S. The van der Waals surface area contributed by atoms with Crippen LogP contribution in [0.1, 0.15) is 32.9 Å². The molecule has 0 aliphatic carbocycles. The summed E-state index contributed by atoms with van der Waals surface area (Å²) in [6.45, 7) is 1.80. The van der Waals surface area contributed by atoms with Crippen molar-refractivity contribution in [3.8, 4) is 0 Å². The van der Waals surface area contributed by atoms with Crippen LogP contribution in [0.25, 0.3) is 0 Å². The van der Waals surface area contributed by atoms with Gasteiger partial charge in [0.15, 0.2) is 0 Å². The average molecular weight is 464 g/mol. The number of carbonyl (C=O) groups is 3. The molecule has 1 aromatic carbocycles. The molecule has 1 aromatic heterocycles. The molecule has 1 aliphatic heterocycles. The average Bonchev–Trinajstić information content (AvgIpc) is 3.33. The standard InChI is InChI=1S/C22H26ClN3O4S/c1-30-13-10-24-21(28)19(25-20(27)18-3-2-14-31-18)15-8-11-26(12-9-15)22(29)16-4-6-17(23)7-5-16/h2-7,14-15,19H,8-13H2,1H3,(H,24,28)(H,25,27). The van der Waals surface area contributed by atoms with Gasteiger partial charge in [0.1, 0.15) is 6.04 Å². The Labute approximate surface area is 190 Å². The van der Waals surface area contributed by atoms with Gasteiger partial charge in [-0.15, -0.1) is 11.3 Å². The van der Waals surface area contributed by atoms with Crippen molar-refractivity contribution in [3.63, 3.8) is 0 Å². The SMILES string of the molecule is COCCNC(=O)C(NC(=O)c1cccs1)C1CCN(C(=O)c2ccc(Cl)cc2)CC1. The highest BCUT2D eigenvalue weighted by Gasteiger charge is 2.34. The number of hydrogen-bond acceptors (Lipinski definition) is 5. The van der Waals surface area contributed by atoms with Crippen molar-refractivity contribution < 1.29 is 19.1 Å². The molecule has 0 saturated carbocycles. The minimum absolute atomic E-state index is 0.0566. The Balaban J connectivity index is 1.64. The fraction of sp³-hybridized carbons (Fsp3) is 0.409. The molecule has 9 heteroatoms. The second-order valence-corrected chi connectivity index (χ2v) is 8.73. The van der Waals surface area contributed by atoms with Gasteiger partial charge in [0.2, 0.25) is 5.91 Å². The molecule has 1 atom stereocenters. The van der Waals surface area contributed by atoms with Crippen molar-refractivity contribution in [2.45, 2.75) is 18.9 Å². The second kappa shape index (κ2) is 11.3. The molecule has 166 valence electrons. The first-order valence-electron chi connectivity index (χ1n) is 10.2. The Bertz CT molecular complexity index is 881. The number of ether oxygens (including phenoxy) is 1. The maximum absolute atomic E-state index is 12.8. The first-order valence-corrected chi connectivity index (χ1v) is 11.4. The van der Waals surface area contributed by atoms with E-state index in [2.05, 4.69) is 10.6 Å². The first-order chi connectivity index (χ1) is 15.0. The van der Waals surface area contributed by atoms with Gasteiger partial charge in [0, 0.05) is 37.3 Å². The van der Waals surface area contributed by atoms with E-state index in [0.717, 1.165) is 0 Å². The third-order valence-electron chi connectivity index (χ3n) is 5.31. The van der Waals surface area contributed by atoms with Gasteiger partial charge in [0.05, 0.1) is 11.5 Å². The van der Waals surface area contributed by atoms with Crippen LogP contribution >= 0.6 is 22.9 Å². The van der Waals surface area contributed by atoms with Crippen molar-refractivity contribution in [3.05, 3.63) is 57.2 Å². The van der Waals surface area contributed by atoms with E-state index in [4.69, 9.17) is 16.3 Å². The van der Waals surface area contributed by atoms with E-state index in [1.54, 1.807) is 48.4 Å². The number of carbonyl (C=O) groups excluding carboxylic acids is 3. The second-order valence-electron chi connectivity index (χ2n) is 7.35. The lowest BCUT2D eigenvalue weighted by atomic mass is 9.88. The molecule has 7 nitrogen and oxygen atoms in total. The monoisotopic (exact) mass is 463 g/mol. The normalized spacial score (nSPS) is 15.4. The molecule has 0 bridgehead atoms. The summed E-state index contributed by atoms with van der Waals surface area (Å²) in [7, 11) is 1.57. The molecule has 2 N–H and O–H groups in total. The zero-order valence-electron chi connectivity index (χ0n) is 17.3. The van der Waals surface area contributed by atoms with Crippen molar-refractivity contribution >= 4 is 40.7 Å². The number of rotatable bonds is 8. The number of amides is 3. The lowest BCUT2D eigenvalue weighted by Gasteiger charge is -2.35. The summed E-state index contributed by atoms with van der Waals surface area (Å²) in [5, 5.41) is 8.13. The largest absolute Gasteiger partial charge is 0.383 e. The molecule has 0 spiro atoms. The topological polar surface area (TPSA) is 87.7 Å². The predicted molar refractivity (Wildman–Crippen MR) is 121 cm³/mol. The van der Waals surface area contributed by atoms with Gasteiger partial charge in [-0.1, -0.05) is 17.7 Å². The van der Waals surface area contributed by atoms with Crippen molar-refractivity contribution in [1.29, 1.82) is 0 Å². The highest BCUT2D eigenvalue weighted by Crippen LogP contribution is 2.23. The third kappa shape index (κ3) is 6.29. The van der Waals surface area contributed by atoms with E-state index in [9.17, 15) is 14.4 Å². The maximum Gasteiger partial charge on any atom is 0.262 e. The van der Waals surface area contributed by atoms with Gasteiger partial charge >= 0.3 is 0 Å². The lowest BCUT2D eigenvalue weighted by molar-refractivity contribution is -0.124. The van der Waals surface area contributed by atoms with E-state index in [-0.39, 0.29) is 23.6 Å². The van der Waals surface area contributed by atoms with Crippen molar-refractivity contribution in [2.75, 3.05) is 33.4 Å². The van der Waals surface area contributed by atoms with Crippen LogP contribution in [0.2, 0.25) is 5.02 Å². The summed E-state index contributed by atoms with van der Waals surface area (Å²) in [5.41, 5.74) is 0.586. The van der Waals surface area contributed by atoms with Crippen LogP contribution in [0.5, 0.6) is 0 Å². The van der Waals surface area contributed by atoms with Crippen LogP contribution < -0.4 is 10.6 Å².